The number of hydrogen-bond donors (Lipinski definition) is 0. The monoisotopic (exact) mass is 274 g/mol. The Balaban J connectivity index is 2.07. The Bertz CT molecular complexity index is 608. The summed E-state index contributed by atoms with van der Waals surface area (Å²) in [6.07, 6.45) is 0. The molecule has 0 radical (unpaired) electrons. The summed E-state index contributed by atoms with van der Waals surface area (Å²) in [5.74, 6) is 2.17. The molecule has 0 aromatic heterocycles. The molecule has 1 heterocycles. The molecule has 0 N–H and O–H groups in total. The Morgan fingerprint density at radius 3 is 2.63 bits per heavy atom. The summed E-state index contributed by atoms with van der Waals surface area (Å²) >= 11 is 5.96. The van der Waals surface area contributed by atoms with Gasteiger partial charge in [0.15, 0.2) is 11.5 Å². The molecular weight excluding hydrogens is 260 g/mol. The first-order valence-corrected chi connectivity index (χ1v) is 6.87. The molecule has 1 aliphatic rings. The fraction of sp³-hybridized carbons (Fsp3) is 0.250. The van der Waals surface area contributed by atoms with E-state index in [9.17, 15) is 0 Å². The molecule has 3 heteroatoms. The predicted octanol–water partition coefficient (Wildman–Crippen LogP) is 4.17. The van der Waals surface area contributed by atoms with E-state index in [-0.39, 0.29) is 0 Å². The fourth-order valence-electron chi connectivity index (χ4n) is 2.35. The Labute approximate surface area is 117 Å². The zero-order valence-electron chi connectivity index (χ0n) is 10.8. The van der Waals surface area contributed by atoms with Crippen LogP contribution in [0, 0.1) is 6.92 Å². The first-order valence-electron chi connectivity index (χ1n) is 6.34. The zero-order chi connectivity index (χ0) is 13.2. The lowest BCUT2D eigenvalue weighted by Crippen LogP contribution is -2.15. The number of halogens is 1. The van der Waals surface area contributed by atoms with Crippen molar-refractivity contribution in [2.45, 2.75) is 12.8 Å². The average Bonchev–Trinajstić information content (AvgIpc) is 2.47. The van der Waals surface area contributed by atoms with Crippen LogP contribution < -0.4 is 9.47 Å². The lowest BCUT2D eigenvalue weighted by molar-refractivity contribution is 0.171. The molecule has 98 valence electrons. The van der Waals surface area contributed by atoms with Crippen LogP contribution in [-0.2, 0) is 5.88 Å². The molecule has 0 spiro atoms. The molecule has 0 fully saturated rings. The molecule has 1 aliphatic heterocycles. The highest BCUT2D eigenvalue weighted by Gasteiger charge is 2.13. The van der Waals surface area contributed by atoms with Crippen LogP contribution in [0.2, 0.25) is 0 Å². The van der Waals surface area contributed by atoms with Crippen molar-refractivity contribution in [3.8, 4) is 22.6 Å². The maximum atomic E-state index is 5.96. The third kappa shape index (κ3) is 2.28. The van der Waals surface area contributed by atoms with E-state index in [0.29, 0.717) is 19.1 Å². The lowest BCUT2D eigenvalue weighted by Gasteiger charge is -2.19. The summed E-state index contributed by atoms with van der Waals surface area (Å²) in [7, 11) is 0. The Hall–Kier alpha value is -1.67. The van der Waals surface area contributed by atoms with Crippen LogP contribution in [0.15, 0.2) is 36.4 Å². The maximum absolute atomic E-state index is 5.96. The molecule has 0 saturated heterocycles. The number of fused-ring (bicyclic) bond motifs is 1. The average molecular weight is 275 g/mol. The largest absolute Gasteiger partial charge is 0.486 e. The number of alkyl halides is 1. The van der Waals surface area contributed by atoms with Crippen molar-refractivity contribution in [2.75, 3.05) is 13.2 Å². The molecular formula is C16H15ClO2. The molecule has 0 unspecified atom stereocenters. The normalized spacial score (nSPS) is 13.4. The molecule has 0 amide bonds. The predicted molar refractivity (Wildman–Crippen MR) is 77.2 cm³/mol. The van der Waals surface area contributed by atoms with E-state index in [1.807, 2.05) is 18.2 Å². The second-order valence-electron chi connectivity index (χ2n) is 4.58. The minimum Gasteiger partial charge on any atom is -0.486 e. The van der Waals surface area contributed by atoms with Crippen LogP contribution in [0.4, 0.5) is 0 Å². The van der Waals surface area contributed by atoms with E-state index in [0.717, 1.165) is 22.6 Å². The van der Waals surface area contributed by atoms with E-state index in [1.54, 1.807) is 0 Å². The highest BCUT2D eigenvalue weighted by atomic mass is 35.5. The van der Waals surface area contributed by atoms with Gasteiger partial charge in [0.05, 0.1) is 0 Å². The third-order valence-corrected chi connectivity index (χ3v) is 3.73. The molecule has 0 atom stereocenters. The summed E-state index contributed by atoms with van der Waals surface area (Å²) in [5, 5.41) is 0. The van der Waals surface area contributed by atoms with Crippen molar-refractivity contribution in [2.24, 2.45) is 0 Å². The van der Waals surface area contributed by atoms with E-state index in [4.69, 9.17) is 21.1 Å². The molecule has 3 rings (SSSR count). The van der Waals surface area contributed by atoms with Gasteiger partial charge in [0, 0.05) is 5.88 Å². The highest BCUT2D eigenvalue weighted by Crippen LogP contribution is 2.36. The fourth-order valence-corrected chi connectivity index (χ4v) is 2.64. The minimum atomic E-state index is 0.532. The van der Waals surface area contributed by atoms with Gasteiger partial charge in [-0.1, -0.05) is 24.3 Å². The smallest absolute Gasteiger partial charge is 0.161 e. The van der Waals surface area contributed by atoms with Gasteiger partial charge in [-0.25, -0.2) is 0 Å². The van der Waals surface area contributed by atoms with Crippen molar-refractivity contribution in [1.82, 2.24) is 0 Å². The molecule has 2 aromatic rings. The van der Waals surface area contributed by atoms with E-state index in [2.05, 4.69) is 25.1 Å². The SMILES string of the molecule is Cc1c(CCl)cccc1-c1ccc2c(c1)OCCO2. The molecule has 2 aromatic carbocycles. The van der Waals surface area contributed by atoms with Crippen molar-refractivity contribution < 1.29 is 9.47 Å². The number of rotatable bonds is 2. The van der Waals surface area contributed by atoms with E-state index >= 15 is 0 Å². The molecule has 0 aliphatic carbocycles. The number of ether oxygens (including phenoxy) is 2. The molecule has 0 saturated carbocycles. The van der Waals surface area contributed by atoms with Crippen LogP contribution in [-0.4, -0.2) is 13.2 Å². The zero-order valence-corrected chi connectivity index (χ0v) is 11.5. The first-order chi connectivity index (χ1) is 9.29. The van der Waals surface area contributed by atoms with Gasteiger partial charge in [0.1, 0.15) is 13.2 Å². The summed E-state index contributed by atoms with van der Waals surface area (Å²) in [6.45, 7) is 3.33. The van der Waals surface area contributed by atoms with E-state index < -0.39 is 0 Å². The number of benzene rings is 2. The second kappa shape index (κ2) is 5.14. The van der Waals surface area contributed by atoms with Crippen LogP contribution in [0.1, 0.15) is 11.1 Å². The van der Waals surface area contributed by atoms with Crippen molar-refractivity contribution in [3.63, 3.8) is 0 Å². The van der Waals surface area contributed by atoms with E-state index in [1.165, 1.54) is 11.1 Å². The van der Waals surface area contributed by atoms with Gasteiger partial charge < -0.3 is 9.47 Å². The number of hydrogen-bond acceptors (Lipinski definition) is 2. The summed E-state index contributed by atoms with van der Waals surface area (Å²) < 4.78 is 11.2. The molecule has 2 nitrogen and oxygen atoms in total. The van der Waals surface area contributed by atoms with Crippen LogP contribution >= 0.6 is 11.6 Å². The van der Waals surface area contributed by atoms with Crippen LogP contribution in [0.3, 0.4) is 0 Å². The van der Waals surface area contributed by atoms with Crippen molar-refractivity contribution in [1.29, 1.82) is 0 Å². The van der Waals surface area contributed by atoms with Crippen LogP contribution in [0.25, 0.3) is 11.1 Å². The topological polar surface area (TPSA) is 18.5 Å². The van der Waals surface area contributed by atoms with Crippen molar-refractivity contribution in [3.05, 3.63) is 47.5 Å². The van der Waals surface area contributed by atoms with Gasteiger partial charge in [-0.15, -0.1) is 11.6 Å². The second-order valence-corrected chi connectivity index (χ2v) is 4.85. The lowest BCUT2D eigenvalue weighted by atomic mass is 9.97. The van der Waals surface area contributed by atoms with Gasteiger partial charge in [0.25, 0.3) is 0 Å². The Morgan fingerprint density at radius 2 is 1.84 bits per heavy atom. The van der Waals surface area contributed by atoms with Gasteiger partial charge in [-0.2, -0.15) is 0 Å². The summed E-state index contributed by atoms with van der Waals surface area (Å²) in [6, 6.07) is 12.3. The Morgan fingerprint density at radius 1 is 1.05 bits per heavy atom. The molecule has 0 bridgehead atoms. The molecule has 19 heavy (non-hydrogen) atoms. The van der Waals surface area contributed by atoms with Gasteiger partial charge >= 0.3 is 0 Å². The Kier molecular flexibility index (Phi) is 3.34. The van der Waals surface area contributed by atoms with Gasteiger partial charge in [0.2, 0.25) is 0 Å². The minimum absolute atomic E-state index is 0.532. The van der Waals surface area contributed by atoms with Gasteiger partial charge in [-0.3, -0.25) is 0 Å². The first kappa shape index (κ1) is 12.4. The van der Waals surface area contributed by atoms with Crippen LogP contribution in [0.5, 0.6) is 11.5 Å². The third-order valence-electron chi connectivity index (χ3n) is 3.44. The van der Waals surface area contributed by atoms with Gasteiger partial charge in [-0.05, 0) is 41.3 Å². The summed E-state index contributed by atoms with van der Waals surface area (Å²) in [4.78, 5) is 0. The standard InChI is InChI=1S/C16H15ClO2/c1-11-13(10-17)3-2-4-14(11)12-5-6-15-16(9-12)19-8-7-18-15/h2-6,9H,7-8,10H2,1H3. The maximum Gasteiger partial charge on any atom is 0.161 e. The quantitative estimate of drug-likeness (QED) is 0.765. The summed E-state index contributed by atoms with van der Waals surface area (Å²) in [5.41, 5.74) is 4.70. The van der Waals surface area contributed by atoms with Crippen molar-refractivity contribution >= 4 is 11.6 Å². The highest BCUT2D eigenvalue weighted by molar-refractivity contribution is 6.17.